The fourth-order valence-electron chi connectivity index (χ4n) is 2.56. The molecule has 1 amide bonds. The summed E-state index contributed by atoms with van der Waals surface area (Å²) in [6.07, 6.45) is 2.97. The Morgan fingerprint density at radius 3 is 2.62 bits per heavy atom. The second-order valence-corrected chi connectivity index (χ2v) is 5.84. The number of carbonyl (C=O) groups excluding carboxylic acids is 1. The highest BCUT2D eigenvalue weighted by Gasteiger charge is 2.14. The molecule has 122 valence electrons. The van der Waals surface area contributed by atoms with Gasteiger partial charge < -0.3 is 5.32 Å². The van der Waals surface area contributed by atoms with Crippen LogP contribution in [0.4, 0.5) is 0 Å². The maximum absolute atomic E-state index is 12.2. The van der Waals surface area contributed by atoms with Gasteiger partial charge in [0.1, 0.15) is 18.7 Å². The Kier molecular flexibility index (Phi) is 4.70. The molecule has 0 aliphatic carbocycles. The minimum absolute atomic E-state index is 0.0820. The molecule has 0 saturated carbocycles. The van der Waals surface area contributed by atoms with E-state index in [1.165, 1.54) is 17.5 Å². The zero-order valence-electron chi connectivity index (χ0n) is 13.8. The molecule has 24 heavy (non-hydrogen) atoms. The van der Waals surface area contributed by atoms with Crippen LogP contribution in [0.25, 0.3) is 11.1 Å². The third-order valence-corrected chi connectivity index (χ3v) is 3.96. The Hall–Kier alpha value is -2.95. The average molecular weight is 320 g/mol. The largest absolute Gasteiger partial charge is 0.350 e. The van der Waals surface area contributed by atoms with Gasteiger partial charge in [-0.15, -0.1) is 0 Å². The predicted octanol–water partition coefficient (Wildman–Crippen LogP) is 3.13. The molecule has 0 fully saturated rings. The van der Waals surface area contributed by atoms with Gasteiger partial charge in [-0.2, -0.15) is 5.10 Å². The highest BCUT2D eigenvalue weighted by atomic mass is 16.2. The van der Waals surface area contributed by atoms with E-state index >= 15 is 0 Å². The van der Waals surface area contributed by atoms with Gasteiger partial charge in [0.05, 0.1) is 0 Å². The van der Waals surface area contributed by atoms with E-state index in [0.717, 1.165) is 11.1 Å². The number of aromatic nitrogens is 3. The number of aryl methyl sites for hydroxylation is 1. The first-order valence-corrected chi connectivity index (χ1v) is 7.91. The minimum Gasteiger partial charge on any atom is -0.350 e. The lowest BCUT2D eigenvalue weighted by Crippen LogP contribution is -2.30. The summed E-state index contributed by atoms with van der Waals surface area (Å²) in [6, 6.07) is 16.2. The highest BCUT2D eigenvalue weighted by molar-refractivity contribution is 5.79. The molecule has 0 unspecified atom stereocenters. The summed E-state index contributed by atoms with van der Waals surface area (Å²) in [4.78, 5) is 16.1. The van der Waals surface area contributed by atoms with Crippen molar-refractivity contribution in [2.75, 3.05) is 0 Å². The third-order valence-electron chi connectivity index (χ3n) is 3.96. The molecule has 0 aliphatic heterocycles. The van der Waals surface area contributed by atoms with E-state index in [0.29, 0.717) is 6.54 Å². The van der Waals surface area contributed by atoms with Gasteiger partial charge in [0, 0.05) is 6.54 Å². The third kappa shape index (κ3) is 3.68. The molecule has 0 aliphatic rings. The van der Waals surface area contributed by atoms with Crippen molar-refractivity contribution in [3.8, 4) is 11.1 Å². The molecule has 5 heteroatoms. The van der Waals surface area contributed by atoms with E-state index in [9.17, 15) is 4.79 Å². The van der Waals surface area contributed by atoms with Crippen LogP contribution in [0.2, 0.25) is 0 Å². The van der Waals surface area contributed by atoms with Crippen molar-refractivity contribution in [2.45, 2.75) is 26.4 Å². The van der Waals surface area contributed by atoms with Gasteiger partial charge in [-0.05, 0) is 36.6 Å². The molecule has 0 radical (unpaired) electrons. The number of carbonyl (C=O) groups is 1. The average Bonchev–Trinajstić information content (AvgIpc) is 3.14. The van der Waals surface area contributed by atoms with Crippen LogP contribution in [0, 0.1) is 6.92 Å². The maximum Gasteiger partial charge on any atom is 0.244 e. The van der Waals surface area contributed by atoms with Crippen LogP contribution in [0.5, 0.6) is 0 Å². The fraction of sp³-hybridized carbons (Fsp3) is 0.211. The predicted molar refractivity (Wildman–Crippen MR) is 93.2 cm³/mol. The zero-order valence-corrected chi connectivity index (χ0v) is 13.8. The van der Waals surface area contributed by atoms with Crippen LogP contribution in [-0.2, 0) is 11.3 Å². The van der Waals surface area contributed by atoms with Crippen molar-refractivity contribution >= 4 is 5.91 Å². The number of benzene rings is 2. The van der Waals surface area contributed by atoms with Gasteiger partial charge in [0.25, 0.3) is 0 Å². The SMILES string of the molecule is Cc1cccc(-c2cccc(CNC(=O)[C@@H](C)n3cncn3)c2)c1. The number of nitrogens with zero attached hydrogens (tertiary/aromatic N) is 3. The Balaban J connectivity index is 1.68. The number of hydrogen-bond acceptors (Lipinski definition) is 3. The van der Waals surface area contributed by atoms with Crippen LogP contribution < -0.4 is 5.32 Å². The lowest BCUT2D eigenvalue weighted by Gasteiger charge is -2.12. The molecular formula is C19H20N4O. The van der Waals surface area contributed by atoms with Crippen LogP contribution in [0.15, 0.2) is 61.2 Å². The number of rotatable bonds is 5. The summed E-state index contributed by atoms with van der Waals surface area (Å²) in [6.45, 7) is 4.36. The topological polar surface area (TPSA) is 59.8 Å². The minimum atomic E-state index is -0.382. The molecular weight excluding hydrogens is 300 g/mol. The van der Waals surface area contributed by atoms with E-state index in [4.69, 9.17) is 0 Å². The van der Waals surface area contributed by atoms with Gasteiger partial charge in [-0.3, -0.25) is 4.79 Å². The van der Waals surface area contributed by atoms with Crippen molar-refractivity contribution in [3.05, 3.63) is 72.3 Å². The second kappa shape index (κ2) is 7.08. The zero-order chi connectivity index (χ0) is 16.9. The van der Waals surface area contributed by atoms with E-state index < -0.39 is 0 Å². The molecule has 2 aromatic carbocycles. The van der Waals surface area contributed by atoms with Gasteiger partial charge in [-0.1, -0.05) is 48.0 Å². The summed E-state index contributed by atoms with van der Waals surface area (Å²) in [5.41, 5.74) is 4.62. The number of nitrogens with one attached hydrogen (secondary N) is 1. The first-order chi connectivity index (χ1) is 11.6. The van der Waals surface area contributed by atoms with E-state index in [1.807, 2.05) is 12.1 Å². The molecule has 1 atom stereocenters. The summed E-state index contributed by atoms with van der Waals surface area (Å²) >= 11 is 0. The number of amides is 1. The first kappa shape index (κ1) is 15.9. The second-order valence-electron chi connectivity index (χ2n) is 5.84. The molecule has 3 rings (SSSR count). The Morgan fingerprint density at radius 1 is 1.17 bits per heavy atom. The van der Waals surface area contributed by atoms with Crippen LogP contribution in [0.3, 0.4) is 0 Å². The molecule has 1 N–H and O–H groups in total. The van der Waals surface area contributed by atoms with Gasteiger partial charge in [-0.25, -0.2) is 9.67 Å². The lowest BCUT2D eigenvalue weighted by molar-refractivity contribution is -0.124. The Labute approximate surface area is 141 Å². The lowest BCUT2D eigenvalue weighted by atomic mass is 10.0. The van der Waals surface area contributed by atoms with Crippen LogP contribution >= 0.6 is 0 Å². The fourth-order valence-corrected chi connectivity index (χ4v) is 2.56. The van der Waals surface area contributed by atoms with E-state index in [1.54, 1.807) is 17.9 Å². The maximum atomic E-state index is 12.2. The smallest absolute Gasteiger partial charge is 0.244 e. The van der Waals surface area contributed by atoms with Gasteiger partial charge in [0.2, 0.25) is 5.91 Å². The standard InChI is InChI=1S/C19H20N4O/c1-14-5-3-7-17(9-14)18-8-4-6-16(10-18)11-21-19(24)15(2)23-13-20-12-22-23/h3-10,12-13,15H,11H2,1-2H3,(H,21,24)/t15-/m1/s1. The van der Waals surface area contributed by atoms with E-state index in [-0.39, 0.29) is 11.9 Å². The Bertz CT molecular complexity index is 827. The van der Waals surface area contributed by atoms with Crippen molar-refractivity contribution in [2.24, 2.45) is 0 Å². The van der Waals surface area contributed by atoms with Crippen molar-refractivity contribution in [3.63, 3.8) is 0 Å². The number of hydrogen-bond donors (Lipinski definition) is 1. The molecule has 3 aromatic rings. The van der Waals surface area contributed by atoms with Gasteiger partial charge in [0.15, 0.2) is 0 Å². The van der Waals surface area contributed by atoms with Gasteiger partial charge >= 0.3 is 0 Å². The molecule has 0 bridgehead atoms. The van der Waals surface area contributed by atoms with E-state index in [2.05, 4.69) is 58.7 Å². The molecule has 1 aromatic heterocycles. The van der Waals surface area contributed by atoms with Crippen LogP contribution in [0.1, 0.15) is 24.1 Å². The summed E-state index contributed by atoms with van der Waals surface area (Å²) < 4.78 is 1.54. The molecule has 1 heterocycles. The monoisotopic (exact) mass is 320 g/mol. The van der Waals surface area contributed by atoms with Crippen LogP contribution in [-0.4, -0.2) is 20.7 Å². The van der Waals surface area contributed by atoms with Crippen molar-refractivity contribution in [1.82, 2.24) is 20.1 Å². The molecule has 5 nitrogen and oxygen atoms in total. The Morgan fingerprint density at radius 2 is 1.92 bits per heavy atom. The quantitative estimate of drug-likeness (QED) is 0.785. The summed E-state index contributed by atoms with van der Waals surface area (Å²) in [7, 11) is 0. The van der Waals surface area contributed by atoms with Crippen molar-refractivity contribution < 1.29 is 4.79 Å². The molecule has 0 saturated heterocycles. The van der Waals surface area contributed by atoms with Crippen molar-refractivity contribution in [1.29, 1.82) is 0 Å². The summed E-state index contributed by atoms with van der Waals surface area (Å²) in [5.74, 6) is -0.0820. The summed E-state index contributed by atoms with van der Waals surface area (Å²) in [5, 5.41) is 6.95. The molecule has 0 spiro atoms. The highest BCUT2D eigenvalue weighted by Crippen LogP contribution is 2.21. The first-order valence-electron chi connectivity index (χ1n) is 7.91. The normalized spacial score (nSPS) is 11.9.